The van der Waals surface area contributed by atoms with E-state index in [0.717, 1.165) is 23.5 Å². The number of hydrogen-bond acceptors (Lipinski definition) is 3. The van der Waals surface area contributed by atoms with Gasteiger partial charge >= 0.3 is 0 Å². The largest absolute Gasteiger partial charge is 0.493 e. The van der Waals surface area contributed by atoms with Crippen molar-refractivity contribution in [2.24, 2.45) is 0 Å². The number of halogens is 1. The lowest BCUT2D eigenvalue weighted by Gasteiger charge is -2.15. The summed E-state index contributed by atoms with van der Waals surface area (Å²) in [5, 5.41) is 2.86. The van der Waals surface area contributed by atoms with Crippen molar-refractivity contribution >= 4 is 21.8 Å². The van der Waals surface area contributed by atoms with Crippen molar-refractivity contribution in [3.8, 4) is 11.5 Å². The molecule has 0 bridgehead atoms. The predicted molar refractivity (Wildman–Crippen MR) is 81.9 cm³/mol. The Kier molecular flexibility index (Phi) is 5.29. The summed E-state index contributed by atoms with van der Waals surface area (Å²) in [6.07, 6.45) is 1.47. The highest BCUT2D eigenvalue weighted by molar-refractivity contribution is 9.09. The molecule has 1 N–H and O–H groups in total. The fourth-order valence-corrected chi connectivity index (χ4v) is 2.42. The first kappa shape index (κ1) is 15.2. The third-order valence-electron chi connectivity index (χ3n) is 3.41. The molecule has 0 saturated carbocycles. The Bertz CT molecular complexity index is 476. The lowest BCUT2D eigenvalue weighted by molar-refractivity contribution is -0.119. The second-order valence-electron chi connectivity index (χ2n) is 5.03. The molecular weight excluding hydrogens is 322 g/mol. The quantitative estimate of drug-likeness (QED) is 0.809. The highest BCUT2D eigenvalue weighted by Gasteiger charge is 2.23. The van der Waals surface area contributed by atoms with Crippen LogP contribution in [0.15, 0.2) is 18.2 Å². The average Bonchev–Trinajstić information content (AvgIpc) is 2.85. The van der Waals surface area contributed by atoms with Crippen molar-refractivity contribution in [3.63, 3.8) is 0 Å². The summed E-state index contributed by atoms with van der Waals surface area (Å²) in [5.74, 6) is 1.82. The number of carbonyl (C=O) groups is 1. The number of rotatable bonds is 6. The monoisotopic (exact) mass is 341 g/mol. The van der Waals surface area contributed by atoms with Crippen LogP contribution in [0, 0.1) is 0 Å². The lowest BCUT2D eigenvalue weighted by atomic mass is 9.98. The summed E-state index contributed by atoms with van der Waals surface area (Å²) in [6, 6.07) is 5.90. The molecule has 5 heteroatoms. The minimum Gasteiger partial charge on any atom is -0.493 e. The highest BCUT2D eigenvalue weighted by Crippen LogP contribution is 2.33. The third-order valence-corrected chi connectivity index (χ3v) is 3.87. The predicted octanol–water partition coefficient (Wildman–Crippen LogP) is 2.85. The summed E-state index contributed by atoms with van der Waals surface area (Å²) in [4.78, 5) is 11.7. The van der Waals surface area contributed by atoms with Gasteiger partial charge < -0.3 is 14.8 Å². The van der Waals surface area contributed by atoms with Crippen LogP contribution in [-0.4, -0.2) is 31.0 Å². The molecule has 2 atom stereocenters. The van der Waals surface area contributed by atoms with Gasteiger partial charge in [-0.25, -0.2) is 0 Å². The molecule has 1 saturated heterocycles. The van der Waals surface area contributed by atoms with E-state index >= 15 is 0 Å². The van der Waals surface area contributed by atoms with Gasteiger partial charge in [-0.15, -0.1) is 0 Å². The summed E-state index contributed by atoms with van der Waals surface area (Å²) >= 11 is 3.50. The summed E-state index contributed by atoms with van der Waals surface area (Å²) in [7, 11) is 1.63. The Morgan fingerprint density at radius 1 is 1.45 bits per heavy atom. The minimum atomic E-state index is 0.112. The van der Waals surface area contributed by atoms with E-state index in [0.29, 0.717) is 24.4 Å². The molecule has 0 spiro atoms. The van der Waals surface area contributed by atoms with Crippen molar-refractivity contribution in [2.45, 2.75) is 30.5 Å². The maximum Gasteiger partial charge on any atom is 0.220 e. The minimum absolute atomic E-state index is 0.112. The van der Waals surface area contributed by atoms with Gasteiger partial charge in [0.25, 0.3) is 0 Å². The van der Waals surface area contributed by atoms with E-state index < -0.39 is 0 Å². The van der Waals surface area contributed by atoms with Gasteiger partial charge in [-0.05, 0) is 24.1 Å². The third kappa shape index (κ3) is 3.88. The number of carbonyl (C=O) groups excluding carboxylic acids is 1. The normalized spacial score (nSPS) is 19.6. The van der Waals surface area contributed by atoms with Crippen LogP contribution in [0.2, 0.25) is 0 Å². The molecule has 1 aromatic carbocycles. The topological polar surface area (TPSA) is 47.6 Å². The number of ether oxygens (including phenoxy) is 2. The molecule has 1 amide bonds. The van der Waals surface area contributed by atoms with Crippen LogP contribution in [0.4, 0.5) is 0 Å². The molecule has 1 aliphatic rings. The number of nitrogens with one attached hydrogen (secondary N) is 1. The zero-order valence-electron chi connectivity index (χ0n) is 11.8. The van der Waals surface area contributed by atoms with E-state index in [-0.39, 0.29) is 11.8 Å². The van der Waals surface area contributed by atoms with E-state index in [1.165, 1.54) is 0 Å². The Morgan fingerprint density at radius 3 is 2.85 bits per heavy atom. The van der Waals surface area contributed by atoms with E-state index in [1.54, 1.807) is 7.11 Å². The molecule has 2 unspecified atom stereocenters. The van der Waals surface area contributed by atoms with E-state index in [9.17, 15) is 4.79 Å². The number of benzene rings is 1. The second-order valence-corrected chi connectivity index (χ2v) is 6.60. The summed E-state index contributed by atoms with van der Waals surface area (Å²) in [5.41, 5.74) is 1.12. The molecule has 0 aliphatic carbocycles. The van der Waals surface area contributed by atoms with Crippen LogP contribution in [0.3, 0.4) is 0 Å². The van der Waals surface area contributed by atoms with Crippen molar-refractivity contribution in [3.05, 3.63) is 23.8 Å². The zero-order valence-corrected chi connectivity index (χ0v) is 13.4. The van der Waals surface area contributed by atoms with E-state index in [2.05, 4.69) is 28.2 Å². The summed E-state index contributed by atoms with van der Waals surface area (Å²) in [6.45, 7) is 3.42. The number of methoxy groups -OCH3 is 1. The van der Waals surface area contributed by atoms with Crippen LogP contribution in [0.1, 0.15) is 31.2 Å². The molecule has 1 heterocycles. The van der Waals surface area contributed by atoms with Gasteiger partial charge in [0.1, 0.15) is 0 Å². The molecule has 1 fully saturated rings. The first-order chi connectivity index (χ1) is 9.60. The lowest BCUT2D eigenvalue weighted by Crippen LogP contribution is -2.13. The van der Waals surface area contributed by atoms with Crippen molar-refractivity contribution in [1.82, 2.24) is 5.32 Å². The van der Waals surface area contributed by atoms with Crippen LogP contribution in [0.25, 0.3) is 0 Å². The molecule has 2 rings (SSSR count). The van der Waals surface area contributed by atoms with Gasteiger partial charge in [0.05, 0.1) is 13.7 Å². The van der Waals surface area contributed by atoms with Crippen LogP contribution in [-0.2, 0) is 4.79 Å². The average molecular weight is 342 g/mol. The first-order valence-corrected chi connectivity index (χ1v) is 7.73. The highest BCUT2D eigenvalue weighted by atomic mass is 79.9. The van der Waals surface area contributed by atoms with Crippen LogP contribution in [0.5, 0.6) is 11.5 Å². The van der Waals surface area contributed by atoms with Crippen molar-refractivity contribution in [1.29, 1.82) is 0 Å². The van der Waals surface area contributed by atoms with Gasteiger partial charge in [0, 0.05) is 23.7 Å². The molecule has 4 nitrogen and oxygen atoms in total. The zero-order chi connectivity index (χ0) is 14.5. The van der Waals surface area contributed by atoms with Gasteiger partial charge in [-0.2, -0.15) is 0 Å². The SMILES string of the molecule is COc1ccc(C2CNC(=O)C2)cc1OCCC(C)Br. The second kappa shape index (κ2) is 6.97. The smallest absolute Gasteiger partial charge is 0.220 e. The Hall–Kier alpha value is -1.23. The number of hydrogen-bond donors (Lipinski definition) is 1. The Balaban J connectivity index is 2.09. The van der Waals surface area contributed by atoms with Crippen molar-refractivity contribution < 1.29 is 14.3 Å². The fraction of sp³-hybridized carbons (Fsp3) is 0.533. The molecule has 20 heavy (non-hydrogen) atoms. The summed E-state index contributed by atoms with van der Waals surface area (Å²) < 4.78 is 11.1. The van der Waals surface area contributed by atoms with E-state index in [1.807, 2.05) is 18.2 Å². The molecule has 110 valence electrons. The molecule has 0 radical (unpaired) electrons. The van der Waals surface area contributed by atoms with Gasteiger partial charge in [0.2, 0.25) is 5.91 Å². The number of alkyl halides is 1. The standard InChI is InChI=1S/C15H20BrNO3/c1-10(16)5-6-20-14-7-11(3-4-13(14)19-2)12-8-15(18)17-9-12/h3-4,7,10,12H,5-6,8-9H2,1-2H3,(H,17,18). The van der Waals surface area contributed by atoms with E-state index in [4.69, 9.17) is 9.47 Å². The molecule has 1 aliphatic heterocycles. The van der Waals surface area contributed by atoms with Gasteiger partial charge in [-0.3, -0.25) is 4.79 Å². The molecular formula is C15H20BrNO3. The van der Waals surface area contributed by atoms with Gasteiger partial charge in [-0.1, -0.05) is 28.9 Å². The van der Waals surface area contributed by atoms with Gasteiger partial charge in [0.15, 0.2) is 11.5 Å². The molecule has 1 aromatic rings. The molecule has 0 aromatic heterocycles. The first-order valence-electron chi connectivity index (χ1n) is 6.81. The maximum absolute atomic E-state index is 11.3. The Morgan fingerprint density at radius 2 is 2.25 bits per heavy atom. The fourth-order valence-electron chi connectivity index (χ4n) is 2.23. The van der Waals surface area contributed by atoms with Crippen LogP contribution >= 0.6 is 15.9 Å². The maximum atomic E-state index is 11.3. The number of amides is 1. The van der Waals surface area contributed by atoms with Crippen LogP contribution < -0.4 is 14.8 Å². The Labute approximate surface area is 128 Å². The van der Waals surface area contributed by atoms with Crippen molar-refractivity contribution in [2.75, 3.05) is 20.3 Å².